The van der Waals surface area contributed by atoms with Gasteiger partial charge < -0.3 is 14.9 Å². The van der Waals surface area contributed by atoms with Crippen LogP contribution in [-0.4, -0.2) is 42.5 Å². The zero-order valence-corrected chi connectivity index (χ0v) is 11.2. The molecule has 1 saturated heterocycles. The van der Waals surface area contributed by atoms with Crippen molar-refractivity contribution in [3.8, 4) is 0 Å². The molecule has 1 fully saturated rings. The van der Waals surface area contributed by atoms with Crippen molar-refractivity contribution in [3.05, 3.63) is 23.2 Å². The van der Waals surface area contributed by atoms with Crippen LogP contribution in [0.4, 0.5) is 0 Å². The van der Waals surface area contributed by atoms with Crippen molar-refractivity contribution in [3.63, 3.8) is 0 Å². The van der Waals surface area contributed by atoms with E-state index in [1.54, 1.807) is 13.0 Å². The first-order valence-corrected chi connectivity index (χ1v) is 6.24. The second-order valence-electron chi connectivity index (χ2n) is 4.63. The number of nitrogens with zero attached hydrogens (tertiary/aromatic N) is 1. The molecule has 0 bridgehead atoms. The molecule has 1 aliphatic heterocycles. The molecule has 0 saturated carbocycles. The molecular formula is C12H18N4O4. The van der Waals surface area contributed by atoms with Gasteiger partial charge in [0.2, 0.25) is 5.91 Å². The number of morpholine rings is 1. The lowest BCUT2D eigenvalue weighted by molar-refractivity contribution is -0.129. The van der Waals surface area contributed by atoms with Crippen LogP contribution in [0.2, 0.25) is 0 Å². The third kappa shape index (κ3) is 2.98. The van der Waals surface area contributed by atoms with Crippen LogP contribution >= 0.6 is 0 Å². The minimum atomic E-state index is -0.493. The van der Waals surface area contributed by atoms with E-state index in [-0.39, 0.29) is 12.4 Å². The molecule has 0 aromatic carbocycles. The Labute approximate surface area is 116 Å². The summed E-state index contributed by atoms with van der Waals surface area (Å²) in [5.41, 5.74) is 8.19. The van der Waals surface area contributed by atoms with E-state index in [2.05, 4.69) is 0 Å². The molecule has 1 atom stereocenters. The molecule has 8 heteroatoms. The van der Waals surface area contributed by atoms with E-state index in [0.717, 1.165) is 5.56 Å². The Hall–Kier alpha value is -1.90. The van der Waals surface area contributed by atoms with Crippen molar-refractivity contribution in [1.82, 2.24) is 10.3 Å². The molecule has 1 unspecified atom stereocenters. The first-order chi connectivity index (χ1) is 9.52. The molecule has 0 aliphatic carbocycles. The minimum Gasteiger partial charge on any atom is -0.456 e. The topological polar surface area (TPSA) is 124 Å². The van der Waals surface area contributed by atoms with Gasteiger partial charge in [-0.1, -0.05) is 0 Å². The number of rotatable bonds is 4. The predicted molar refractivity (Wildman–Crippen MR) is 69.3 cm³/mol. The molecular weight excluding hydrogens is 264 g/mol. The molecule has 0 spiro atoms. The molecule has 1 aromatic rings. The van der Waals surface area contributed by atoms with Gasteiger partial charge in [-0.05, 0) is 13.0 Å². The smallest absolute Gasteiger partial charge is 0.300 e. The fourth-order valence-corrected chi connectivity index (χ4v) is 2.17. The maximum absolute atomic E-state index is 11.4. The highest BCUT2D eigenvalue weighted by Gasteiger charge is 2.28. The zero-order chi connectivity index (χ0) is 14.7. The Morgan fingerprint density at radius 1 is 1.55 bits per heavy atom. The van der Waals surface area contributed by atoms with Gasteiger partial charge in [0.15, 0.2) is 5.76 Å². The SMILES string of the molecule is Cc1oc(C(=O)NN)cc1CN1CCOCC1C(N)=O. The average molecular weight is 282 g/mol. The van der Waals surface area contributed by atoms with Crippen LogP contribution in [0.5, 0.6) is 0 Å². The third-order valence-corrected chi connectivity index (χ3v) is 3.32. The first-order valence-electron chi connectivity index (χ1n) is 6.24. The number of aryl methyl sites for hydroxylation is 1. The third-order valence-electron chi connectivity index (χ3n) is 3.32. The average Bonchev–Trinajstić information content (AvgIpc) is 2.79. The number of furan rings is 1. The summed E-state index contributed by atoms with van der Waals surface area (Å²) in [5.74, 6) is 4.90. The molecule has 0 radical (unpaired) electrons. The Kier molecular flexibility index (Phi) is 4.38. The van der Waals surface area contributed by atoms with Gasteiger partial charge in [-0.3, -0.25) is 19.9 Å². The van der Waals surface area contributed by atoms with Crippen molar-refractivity contribution < 1.29 is 18.7 Å². The number of hydrogen-bond acceptors (Lipinski definition) is 6. The fraction of sp³-hybridized carbons (Fsp3) is 0.500. The number of ether oxygens (including phenoxy) is 1. The van der Waals surface area contributed by atoms with Gasteiger partial charge in [0.1, 0.15) is 11.8 Å². The maximum atomic E-state index is 11.4. The number of hydrogen-bond donors (Lipinski definition) is 3. The van der Waals surface area contributed by atoms with E-state index in [1.807, 2.05) is 10.3 Å². The lowest BCUT2D eigenvalue weighted by atomic mass is 10.1. The standard InChI is InChI=1S/C12H18N4O4/c1-7-8(4-10(20-7)12(18)15-14)5-16-2-3-19-6-9(16)11(13)17/h4,9H,2-3,5-6,14H2,1H3,(H2,13,17)(H,15,18). The summed E-state index contributed by atoms with van der Waals surface area (Å²) in [6, 6.07) is 1.15. The van der Waals surface area contributed by atoms with Gasteiger partial charge in [0.25, 0.3) is 0 Å². The second-order valence-corrected chi connectivity index (χ2v) is 4.63. The largest absolute Gasteiger partial charge is 0.456 e. The van der Waals surface area contributed by atoms with Crippen LogP contribution in [0.15, 0.2) is 10.5 Å². The fourth-order valence-electron chi connectivity index (χ4n) is 2.17. The van der Waals surface area contributed by atoms with Crippen LogP contribution in [-0.2, 0) is 16.1 Å². The summed E-state index contributed by atoms with van der Waals surface area (Å²) >= 11 is 0. The molecule has 1 aromatic heterocycles. The van der Waals surface area contributed by atoms with Gasteiger partial charge in [0, 0.05) is 18.7 Å². The highest BCUT2D eigenvalue weighted by atomic mass is 16.5. The Morgan fingerprint density at radius 2 is 2.30 bits per heavy atom. The van der Waals surface area contributed by atoms with Gasteiger partial charge in [0.05, 0.1) is 13.2 Å². The van der Waals surface area contributed by atoms with Crippen molar-refractivity contribution in [2.75, 3.05) is 19.8 Å². The summed E-state index contributed by atoms with van der Waals surface area (Å²) in [7, 11) is 0. The summed E-state index contributed by atoms with van der Waals surface area (Å²) in [6.45, 7) is 3.63. The van der Waals surface area contributed by atoms with Crippen LogP contribution in [0.25, 0.3) is 0 Å². The number of carbonyl (C=O) groups is 2. The van der Waals surface area contributed by atoms with E-state index in [9.17, 15) is 9.59 Å². The van der Waals surface area contributed by atoms with Crippen molar-refractivity contribution in [2.45, 2.75) is 19.5 Å². The monoisotopic (exact) mass is 282 g/mol. The molecule has 1 aliphatic rings. The van der Waals surface area contributed by atoms with Crippen LogP contribution in [0.1, 0.15) is 21.9 Å². The first kappa shape index (κ1) is 14.5. The summed E-state index contributed by atoms with van der Waals surface area (Å²) in [4.78, 5) is 24.7. The summed E-state index contributed by atoms with van der Waals surface area (Å²) in [6.07, 6.45) is 0. The molecule has 5 N–H and O–H groups in total. The van der Waals surface area contributed by atoms with E-state index in [4.69, 9.17) is 20.7 Å². The van der Waals surface area contributed by atoms with Crippen LogP contribution in [0.3, 0.4) is 0 Å². The van der Waals surface area contributed by atoms with E-state index in [0.29, 0.717) is 25.5 Å². The number of hydrazine groups is 1. The number of amides is 2. The molecule has 2 amide bonds. The summed E-state index contributed by atoms with van der Waals surface area (Å²) < 4.78 is 10.6. The molecule has 8 nitrogen and oxygen atoms in total. The Morgan fingerprint density at radius 3 is 2.95 bits per heavy atom. The van der Waals surface area contributed by atoms with Gasteiger partial charge in [-0.15, -0.1) is 0 Å². The van der Waals surface area contributed by atoms with Gasteiger partial charge in [-0.25, -0.2) is 5.84 Å². The van der Waals surface area contributed by atoms with Crippen molar-refractivity contribution in [2.24, 2.45) is 11.6 Å². The highest BCUT2D eigenvalue weighted by Crippen LogP contribution is 2.19. The second kappa shape index (κ2) is 6.04. The number of nitrogens with two attached hydrogens (primary N) is 2. The molecule has 20 heavy (non-hydrogen) atoms. The number of nitrogen functional groups attached to an aromatic ring is 1. The number of primary amides is 1. The molecule has 110 valence electrons. The van der Waals surface area contributed by atoms with E-state index in [1.165, 1.54) is 0 Å². The van der Waals surface area contributed by atoms with Crippen molar-refractivity contribution >= 4 is 11.8 Å². The molecule has 2 heterocycles. The lowest BCUT2D eigenvalue weighted by Crippen LogP contribution is -2.51. The van der Waals surface area contributed by atoms with Gasteiger partial charge in [-0.2, -0.15) is 0 Å². The van der Waals surface area contributed by atoms with Crippen LogP contribution in [0, 0.1) is 6.92 Å². The Bertz CT molecular complexity index is 514. The van der Waals surface area contributed by atoms with E-state index < -0.39 is 17.9 Å². The predicted octanol–water partition coefficient (Wildman–Crippen LogP) is -1.12. The minimum absolute atomic E-state index is 0.142. The number of carbonyl (C=O) groups excluding carboxylic acids is 2. The van der Waals surface area contributed by atoms with E-state index >= 15 is 0 Å². The van der Waals surface area contributed by atoms with Gasteiger partial charge >= 0.3 is 5.91 Å². The lowest BCUT2D eigenvalue weighted by Gasteiger charge is -2.33. The highest BCUT2D eigenvalue weighted by molar-refractivity contribution is 5.91. The normalized spacial score (nSPS) is 19.8. The zero-order valence-electron chi connectivity index (χ0n) is 11.2. The quantitative estimate of drug-likeness (QED) is 0.365. The number of nitrogens with one attached hydrogen (secondary N) is 1. The maximum Gasteiger partial charge on any atom is 0.300 e. The summed E-state index contributed by atoms with van der Waals surface area (Å²) in [5, 5.41) is 0. The van der Waals surface area contributed by atoms with Crippen molar-refractivity contribution in [1.29, 1.82) is 0 Å². The Balaban J connectivity index is 2.14. The van der Waals surface area contributed by atoms with Crippen LogP contribution < -0.4 is 17.0 Å². The molecule has 2 rings (SSSR count).